The van der Waals surface area contributed by atoms with Gasteiger partial charge in [-0.15, -0.1) is 13.2 Å². The molecule has 0 aromatic heterocycles. The van der Waals surface area contributed by atoms with Crippen LogP contribution in [0.1, 0.15) is 18.4 Å². The van der Waals surface area contributed by atoms with Crippen LogP contribution in [0, 0.1) is 5.92 Å². The zero-order valence-electron chi connectivity index (χ0n) is 15.3. The molecule has 0 bridgehead atoms. The minimum absolute atomic E-state index is 0.267. The number of rotatable bonds is 6. The first-order valence-electron chi connectivity index (χ1n) is 9.11. The number of nitrogens with one attached hydrogen (secondary N) is 4. The van der Waals surface area contributed by atoms with Crippen molar-refractivity contribution in [2.75, 3.05) is 19.6 Å². The van der Waals surface area contributed by atoms with E-state index in [0.29, 0.717) is 28.8 Å². The lowest BCUT2D eigenvalue weighted by Gasteiger charge is -2.23. The number of ether oxygens (including phenoxy) is 1. The van der Waals surface area contributed by atoms with Crippen molar-refractivity contribution in [1.82, 2.24) is 21.3 Å². The van der Waals surface area contributed by atoms with Crippen molar-refractivity contribution in [3.63, 3.8) is 0 Å². The minimum Gasteiger partial charge on any atom is -0.406 e. The van der Waals surface area contributed by atoms with Gasteiger partial charge in [0.1, 0.15) is 11.6 Å². The molecule has 1 aromatic carbocycles. The summed E-state index contributed by atoms with van der Waals surface area (Å²) in [6.45, 7) is 2.92. The number of allylic oxidation sites excluding steroid dienone is 2. The number of hydrogen-bond acceptors (Lipinski definition) is 6. The van der Waals surface area contributed by atoms with Crippen LogP contribution in [0.25, 0.3) is 5.70 Å². The standard InChI is InChI=1S/C19H24F3N5O/c20-19(21,22)28-15-3-1-2-14(10-15)16-12-26-18(27-16)5-4-17(23)25-11-13-6-8-24-9-7-13/h1-5,10,12-13,24-27H,6-9,11,23H2/b17-4+,18-5-. The molecule has 6 N–H and O–H groups in total. The lowest BCUT2D eigenvalue weighted by Crippen LogP contribution is -2.34. The summed E-state index contributed by atoms with van der Waals surface area (Å²) in [5.74, 6) is 1.58. The van der Waals surface area contributed by atoms with Crippen molar-refractivity contribution < 1.29 is 17.9 Å². The van der Waals surface area contributed by atoms with Gasteiger partial charge in [0, 0.05) is 18.3 Å². The predicted molar refractivity (Wildman–Crippen MR) is 101 cm³/mol. The molecule has 0 unspecified atom stereocenters. The van der Waals surface area contributed by atoms with Crippen LogP contribution in [0.4, 0.5) is 13.2 Å². The van der Waals surface area contributed by atoms with E-state index in [4.69, 9.17) is 5.73 Å². The minimum atomic E-state index is -4.72. The summed E-state index contributed by atoms with van der Waals surface area (Å²) < 4.78 is 41.1. The molecule has 1 aromatic rings. The molecule has 3 rings (SSSR count). The second-order valence-corrected chi connectivity index (χ2v) is 6.68. The normalized spacial score (nSPS) is 19.8. The largest absolute Gasteiger partial charge is 0.573 e. The van der Waals surface area contributed by atoms with Crippen LogP contribution in [0.2, 0.25) is 0 Å². The van der Waals surface area contributed by atoms with E-state index in [2.05, 4.69) is 26.0 Å². The summed E-state index contributed by atoms with van der Waals surface area (Å²) in [6.07, 6.45) is 2.73. The van der Waals surface area contributed by atoms with E-state index in [1.165, 1.54) is 18.2 Å². The van der Waals surface area contributed by atoms with Gasteiger partial charge in [-0.2, -0.15) is 0 Å². The summed E-state index contributed by atoms with van der Waals surface area (Å²) in [7, 11) is 0. The Labute approximate surface area is 161 Å². The Morgan fingerprint density at radius 1 is 1.29 bits per heavy atom. The van der Waals surface area contributed by atoms with E-state index in [1.807, 2.05) is 0 Å². The molecule has 2 heterocycles. The van der Waals surface area contributed by atoms with Crippen LogP contribution in [0.3, 0.4) is 0 Å². The van der Waals surface area contributed by atoms with Crippen LogP contribution >= 0.6 is 0 Å². The third-order valence-corrected chi connectivity index (χ3v) is 4.50. The maximum atomic E-state index is 12.4. The van der Waals surface area contributed by atoms with Crippen molar-refractivity contribution in [3.05, 3.63) is 59.8 Å². The Morgan fingerprint density at radius 3 is 2.82 bits per heavy atom. The number of piperidine rings is 1. The van der Waals surface area contributed by atoms with Gasteiger partial charge in [0.15, 0.2) is 0 Å². The molecule has 2 aliphatic rings. The zero-order valence-corrected chi connectivity index (χ0v) is 15.3. The Morgan fingerprint density at radius 2 is 2.07 bits per heavy atom. The first kappa shape index (κ1) is 19.9. The molecule has 2 aliphatic heterocycles. The van der Waals surface area contributed by atoms with Crippen molar-refractivity contribution in [3.8, 4) is 5.75 Å². The van der Waals surface area contributed by atoms with Crippen molar-refractivity contribution in [2.45, 2.75) is 19.2 Å². The maximum absolute atomic E-state index is 12.4. The maximum Gasteiger partial charge on any atom is 0.573 e. The molecule has 152 valence electrons. The van der Waals surface area contributed by atoms with E-state index in [0.717, 1.165) is 32.5 Å². The molecule has 9 heteroatoms. The van der Waals surface area contributed by atoms with Gasteiger partial charge in [-0.3, -0.25) is 0 Å². The number of benzene rings is 1. The summed E-state index contributed by atoms with van der Waals surface area (Å²) in [5, 5.41) is 12.7. The second kappa shape index (κ2) is 8.92. The van der Waals surface area contributed by atoms with Crippen molar-refractivity contribution >= 4 is 5.70 Å². The number of halogens is 3. The summed E-state index contributed by atoms with van der Waals surface area (Å²) in [5.41, 5.74) is 7.19. The summed E-state index contributed by atoms with van der Waals surface area (Å²) >= 11 is 0. The SMILES string of the molecule is N/C(=C\C=C1\NC=C(c2cccc(OC(F)(F)F)c2)N1)NCC1CCNCC1. The highest BCUT2D eigenvalue weighted by atomic mass is 19.4. The zero-order chi connectivity index (χ0) is 20.0. The topological polar surface area (TPSA) is 83.4 Å². The third-order valence-electron chi connectivity index (χ3n) is 4.50. The molecule has 0 spiro atoms. The molecule has 0 saturated carbocycles. The highest BCUT2D eigenvalue weighted by molar-refractivity contribution is 5.68. The van der Waals surface area contributed by atoms with E-state index in [-0.39, 0.29) is 5.75 Å². The highest BCUT2D eigenvalue weighted by Crippen LogP contribution is 2.26. The predicted octanol–water partition coefficient (Wildman–Crippen LogP) is 2.31. The molecule has 0 aliphatic carbocycles. The third kappa shape index (κ3) is 6.12. The van der Waals surface area contributed by atoms with E-state index in [1.54, 1.807) is 24.4 Å². The van der Waals surface area contributed by atoms with Crippen LogP contribution in [0.15, 0.2) is 54.3 Å². The first-order valence-corrected chi connectivity index (χ1v) is 9.11. The van der Waals surface area contributed by atoms with Gasteiger partial charge in [-0.05, 0) is 56.1 Å². The van der Waals surface area contributed by atoms with Crippen LogP contribution in [-0.4, -0.2) is 26.0 Å². The molecule has 1 saturated heterocycles. The average molecular weight is 395 g/mol. The Balaban J connectivity index is 1.53. The Kier molecular flexibility index (Phi) is 6.35. The average Bonchev–Trinajstić information content (AvgIpc) is 3.13. The fraction of sp³-hybridized carbons (Fsp3) is 0.368. The van der Waals surface area contributed by atoms with E-state index in [9.17, 15) is 13.2 Å². The van der Waals surface area contributed by atoms with Gasteiger partial charge in [0.05, 0.1) is 11.5 Å². The molecular formula is C19H24F3N5O. The molecule has 6 nitrogen and oxygen atoms in total. The van der Waals surface area contributed by atoms with Gasteiger partial charge in [0.25, 0.3) is 0 Å². The molecule has 0 radical (unpaired) electrons. The van der Waals surface area contributed by atoms with E-state index >= 15 is 0 Å². The lowest BCUT2D eigenvalue weighted by molar-refractivity contribution is -0.274. The monoisotopic (exact) mass is 395 g/mol. The van der Waals surface area contributed by atoms with Gasteiger partial charge in [-0.1, -0.05) is 12.1 Å². The Hall–Kier alpha value is -2.81. The molecule has 1 fully saturated rings. The molecule has 0 amide bonds. The van der Waals surface area contributed by atoms with Crippen molar-refractivity contribution in [1.29, 1.82) is 0 Å². The molecule has 0 atom stereocenters. The first-order chi connectivity index (χ1) is 13.4. The van der Waals surface area contributed by atoms with Crippen molar-refractivity contribution in [2.24, 2.45) is 11.7 Å². The van der Waals surface area contributed by atoms with Gasteiger partial charge < -0.3 is 31.7 Å². The smallest absolute Gasteiger partial charge is 0.406 e. The van der Waals surface area contributed by atoms with Crippen LogP contribution in [-0.2, 0) is 0 Å². The number of hydrogen-bond donors (Lipinski definition) is 5. The highest BCUT2D eigenvalue weighted by Gasteiger charge is 2.31. The van der Waals surface area contributed by atoms with Gasteiger partial charge in [0.2, 0.25) is 0 Å². The second-order valence-electron chi connectivity index (χ2n) is 6.68. The van der Waals surface area contributed by atoms with Gasteiger partial charge >= 0.3 is 6.36 Å². The summed E-state index contributed by atoms with van der Waals surface area (Å²) in [4.78, 5) is 0. The lowest BCUT2D eigenvalue weighted by atomic mass is 9.98. The number of nitrogens with two attached hydrogens (primary N) is 1. The van der Waals surface area contributed by atoms with Crippen LogP contribution < -0.4 is 31.7 Å². The van der Waals surface area contributed by atoms with E-state index < -0.39 is 6.36 Å². The van der Waals surface area contributed by atoms with Gasteiger partial charge in [-0.25, -0.2) is 0 Å². The molecule has 28 heavy (non-hydrogen) atoms. The summed E-state index contributed by atoms with van der Waals surface area (Å²) in [6, 6.07) is 5.77. The Bertz CT molecular complexity index is 767. The fourth-order valence-corrected chi connectivity index (χ4v) is 3.05. The number of alkyl halides is 3. The quantitative estimate of drug-likeness (QED) is 0.509. The van der Waals surface area contributed by atoms with Crippen LogP contribution in [0.5, 0.6) is 5.75 Å². The fourth-order valence-electron chi connectivity index (χ4n) is 3.05. The molecular weight excluding hydrogens is 371 g/mol.